The first-order chi connectivity index (χ1) is 9.83. The van der Waals surface area contributed by atoms with E-state index in [1.54, 1.807) is 0 Å². The second kappa shape index (κ2) is 6.31. The van der Waals surface area contributed by atoms with E-state index in [-0.39, 0.29) is 18.2 Å². The molecule has 0 radical (unpaired) electrons. The summed E-state index contributed by atoms with van der Waals surface area (Å²) < 4.78 is 39.7. The van der Waals surface area contributed by atoms with Gasteiger partial charge in [-0.15, -0.1) is 13.2 Å². The molecule has 116 valence electrons. The van der Waals surface area contributed by atoms with Gasteiger partial charge in [0.05, 0.1) is 12.1 Å². The quantitative estimate of drug-likeness (QED) is 0.774. The number of carbonyl (C=O) groups is 1. The standard InChI is InChI=1S/C13H15F3N2O3/c14-13(15,16)21-10-3-1-8(2-4-10)6-18-12(20)11-5-9(19)7-17-11/h1-4,9,11,17,19H,5-7H2,(H,18,20)/t9-,11+/m1/s1. The van der Waals surface area contributed by atoms with Crippen LogP contribution in [-0.2, 0) is 11.3 Å². The predicted octanol–water partition coefficient (Wildman–Crippen LogP) is 0.924. The smallest absolute Gasteiger partial charge is 0.406 e. The molecule has 21 heavy (non-hydrogen) atoms. The third-order valence-electron chi connectivity index (χ3n) is 3.05. The Labute approximate surface area is 119 Å². The number of hydrogen-bond donors (Lipinski definition) is 3. The van der Waals surface area contributed by atoms with Crippen molar-refractivity contribution in [2.45, 2.75) is 31.5 Å². The van der Waals surface area contributed by atoms with Crippen molar-refractivity contribution in [1.82, 2.24) is 10.6 Å². The number of ether oxygens (including phenoxy) is 1. The molecule has 0 spiro atoms. The van der Waals surface area contributed by atoms with Crippen molar-refractivity contribution < 1.29 is 27.8 Å². The molecule has 2 rings (SSSR count). The first-order valence-corrected chi connectivity index (χ1v) is 6.37. The molecule has 0 aliphatic carbocycles. The molecule has 1 aromatic rings. The summed E-state index contributed by atoms with van der Waals surface area (Å²) in [7, 11) is 0. The largest absolute Gasteiger partial charge is 0.573 e. The predicted molar refractivity (Wildman–Crippen MR) is 67.4 cm³/mol. The van der Waals surface area contributed by atoms with Gasteiger partial charge in [0.25, 0.3) is 0 Å². The van der Waals surface area contributed by atoms with Gasteiger partial charge in [-0.25, -0.2) is 0 Å². The van der Waals surface area contributed by atoms with Gasteiger partial charge in [-0.3, -0.25) is 4.79 Å². The monoisotopic (exact) mass is 304 g/mol. The molecular weight excluding hydrogens is 289 g/mol. The van der Waals surface area contributed by atoms with E-state index in [9.17, 15) is 23.1 Å². The molecule has 0 unspecified atom stereocenters. The zero-order valence-electron chi connectivity index (χ0n) is 11.0. The minimum Gasteiger partial charge on any atom is -0.406 e. The molecule has 1 heterocycles. The van der Waals surface area contributed by atoms with Crippen LogP contribution in [0.4, 0.5) is 13.2 Å². The van der Waals surface area contributed by atoms with E-state index < -0.39 is 18.5 Å². The Balaban J connectivity index is 1.82. The van der Waals surface area contributed by atoms with Crippen molar-refractivity contribution >= 4 is 5.91 Å². The molecule has 2 atom stereocenters. The van der Waals surface area contributed by atoms with Crippen LogP contribution in [0.25, 0.3) is 0 Å². The minimum absolute atomic E-state index is 0.194. The number of aliphatic hydroxyl groups is 1. The van der Waals surface area contributed by atoms with Gasteiger partial charge in [0, 0.05) is 13.1 Å². The molecule has 1 fully saturated rings. The molecule has 1 aliphatic rings. The van der Waals surface area contributed by atoms with Gasteiger partial charge in [0.15, 0.2) is 0 Å². The van der Waals surface area contributed by atoms with E-state index >= 15 is 0 Å². The van der Waals surface area contributed by atoms with Crippen LogP contribution in [0.15, 0.2) is 24.3 Å². The maximum Gasteiger partial charge on any atom is 0.573 e. The van der Waals surface area contributed by atoms with Gasteiger partial charge >= 0.3 is 6.36 Å². The van der Waals surface area contributed by atoms with Crippen molar-refractivity contribution in [2.24, 2.45) is 0 Å². The zero-order valence-corrected chi connectivity index (χ0v) is 11.0. The van der Waals surface area contributed by atoms with Crippen LogP contribution in [0.5, 0.6) is 5.75 Å². The maximum atomic E-state index is 12.0. The number of aliphatic hydroxyl groups excluding tert-OH is 1. The molecule has 1 saturated heterocycles. The SMILES string of the molecule is O=C(NCc1ccc(OC(F)(F)F)cc1)[C@@H]1C[C@@H](O)CN1. The summed E-state index contributed by atoms with van der Waals surface area (Å²) >= 11 is 0. The average Bonchev–Trinajstić information content (AvgIpc) is 2.82. The molecule has 0 bridgehead atoms. The number of rotatable bonds is 4. The maximum absolute atomic E-state index is 12.0. The van der Waals surface area contributed by atoms with Crippen molar-refractivity contribution in [3.05, 3.63) is 29.8 Å². The molecule has 8 heteroatoms. The van der Waals surface area contributed by atoms with Crippen molar-refractivity contribution in [2.75, 3.05) is 6.54 Å². The summed E-state index contributed by atoms with van der Waals surface area (Å²) in [6.45, 7) is 0.570. The van der Waals surface area contributed by atoms with Crippen molar-refractivity contribution in [3.8, 4) is 5.75 Å². The Morgan fingerprint density at radius 3 is 2.57 bits per heavy atom. The lowest BCUT2D eigenvalue weighted by Gasteiger charge is -2.12. The fraction of sp³-hybridized carbons (Fsp3) is 0.462. The number of hydrogen-bond acceptors (Lipinski definition) is 4. The molecular formula is C13H15F3N2O3. The fourth-order valence-corrected chi connectivity index (χ4v) is 2.04. The lowest BCUT2D eigenvalue weighted by atomic mass is 10.1. The Hall–Kier alpha value is -1.80. The van der Waals surface area contributed by atoms with Crippen LogP contribution >= 0.6 is 0 Å². The zero-order chi connectivity index (χ0) is 15.5. The summed E-state index contributed by atoms with van der Waals surface area (Å²) in [5, 5.41) is 14.8. The highest BCUT2D eigenvalue weighted by molar-refractivity contribution is 5.82. The van der Waals surface area contributed by atoms with Crippen LogP contribution in [0.1, 0.15) is 12.0 Å². The number of nitrogens with one attached hydrogen (secondary N) is 2. The third kappa shape index (κ3) is 4.91. The van der Waals surface area contributed by atoms with E-state index in [1.807, 2.05) is 0 Å². The molecule has 3 N–H and O–H groups in total. The molecule has 1 aliphatic heterocycles. The highest BCUT2D eigenvalue weighted by atomic mass is 19.4. The van der Waals surface area contributed by atoms with Gasteiger partial charge in [-0.2, -0.15) is 0 Å². The van der Waals surface area contributed by atoms with E-state index in [4.69, 9.17) is 0 Å². The number of halogens is 3. The van der Waals surface area contributed by atoms with E-state index in [1.165, 1.54) is 24.3 Å². The third-order valence-corrected chi connectivity index (χ3v) is 3.05. The summed E-state index contributed by atoms with van der Waals surface area (Å²) in [4.78, 5) is 11.8. The van der Waals surface area contributed by atoms with Gasteiger partial charge in [-0.05, 0) is 24.1 Å². The first kappa shape index (κ1) is 15.6. The van der Waals surface area contributed by atoms with Crippen LogP contribution in [0, 0.1) is 0 Å². The number of amides is 1. The Morgan fingerprint density at radius 1 is 1.38 bits per heavy atom. The fourth-order valence-electron chi connectivity index (χ4n) is 2.04. The summed E-state index contributed by atoms with van der Waals surface area (Å²) in [5.41, 5.74) is 0.649. The lowest BCUT2D eigenvalue weighted by Crippen LogP contribution is -2.39. The highest BCUT2D eigenvalue weighted by Crippen LogP contribution is 2.22. The molecule has 1 aromatic carbocycles. The average molecular weight is 304 g/mol. The number of alkyl halides is 3. The molecule has 1 amide bonds. The summed E-state index contributed by atoms with van der Waals surface area (Å²) in [5.74, 6) is -0.555. The summed E-state index contributed by atoms with van der Waals surface area (Å²) in [6.07, 6.45) is -4.89. The van der Waals surface area contributed by atoms with Crippen molar-refractivity contribution in [3.63, 3.8) is 0 Å². The highest BCUT2D eigenvalue weighted by Gasteiger charge is 2.31. The number of benzene rings is 1. The first-order valence-electron chi connectivity index (χ1n) is 6.37. The second-order valence-corrected chi connectivity index (χ2v) is 4.76. The molecule has 5 nitrogen and oxygen atoms in total. The lowest BCUT2D eigenvalue weighted by molar-refractivity contribution is -0.274. The normalized spacial score (nSPS) is 22.1. The second-order valence-electron chi connectivity index (χ2n) is 4.76. The minimum atomic E-state index is -4.72. The van der Waals surface area contributed by atoms with E-state index in [0.717, 1.165) is 0 Å². The Bertz CT molecular complexity index is 490. The van der Waals surface area contributed by atoms with Gasteiger partial charge in [0.2, 0.25) is 5.91 Å². The van der Waals surface area contributed by atoms with Crippen LogP contribution < -0.4 is 15.4 Å². The summed E-state index contributed by atoms with van der Waals surface area (Å²) in [6, 6.07) is 4.82. The number of β-amino-alcohol motifs (C(OH)–C–C–N with tert-alkyl or cyclic N) is 1. The van der Waals surface area contributed by atoms with Crippen LogP contribution in [0.2, 0.25) is 0 Å². The van der Waals surface area contributed by atoms with Crippen molar-refractivity contribution in [1.29, 1.82) is 0 Å². The van der Waals surface area contributed by atoms with Crippen LogP contribution in [-0.4, -0.2) is 36.1 Å². The van der Waals surface area contributed by atoms with Gasteiger partial charge < -0.3 is 20.5 Å². The van der Waals surface area contributed by atoms with Gasteiger partial charge in [0.1, 0.15) is 5.75 Å². The van der Waals surface area contributed by atoms with E-state index in [0.29, 0.717) is 18.5 Å². The van der Waals surface area contributed by atoms with E-state index in [2.05, 4.69) is 15.4 Å². The topological polar surface area (TPSA) is 70.6 Å². The number of carbonyl (C=O) groups excluding carboxylic acids is 1. The molecule has 0 aromatic heterocycles. The van der Waals surface area contributed by atoms with Crippen LogP contribution in [0.3, 0.4) is 0 Å². The van der Waals surface area contributed by atoms with Gasteiger partial charge in [-0.1, -0.05) is 12.1 Å². The Kier molecular flexibility index (Phi) is 4.69. The Morgan fingerprint density at radius 2 is 2.05 bits per heavy atom. The molecule has 0 saturated carbocycles.